The highest BCUT2D eigenvalue weighted by atomic mass is 16.5. The van der Waals surface area contributed by atoms with Crippen molar-refractivity contribution in [1.29, 1.82) is 0 Å². The highest BCUT2D eigenvalue weighted by Gasteiger charge is 2.02. The van der Waals surface area contributed by atoms with Crippen LogP contribution in [-0.2, 0) is 14.3 Å². The van der Waals surface area contributed by atoms with E-state index in [1.165, 1.54) is 89.9 Å². The van der Waals surface area contributed by atoms with E-state index in [0.717, 1.165) is 44.9 Å². The summed E-state index contributed by atoms with van der Waals surface area (Å²) in [6.07, 6.45) is 33.7. The van der Waals surface area contributed by atoms with Gasteiger partial charge in [0, 0.05) is 12.8 Å². The number of carbonyl (C=O) groups is 2. The first-order chi connectivity index (χ1) is 15.8. The number of ether oxygens (including phenoxy) is 1. The Morgan fingerprint density at radius 1 is 0.594 bits per heavy atom. The molecule has 0 aliphatic rings. The van der Waals surface area contributed by atoms with Crippen molar-refractivity contribution >= 4 is 12.3 Å². The number of rotatable bonds is 26. The molecule has 0 spiro atoms. The van der Waals surface area contributed by atoms with Crippen molar-refractivity contribution < 1.29 is 14.3 Å². The summed E-state index contributed by atoms with van der Waals surface area (Å²) in [5.41, 5.74) is 0. The number of hydrogen-bond acceptors (Lipinski definition) is 3. The summed E-state index contributed by atoms with van der Waals surface area (Å²) in [4.78, 5) is 22.0. The van der Waals surface area contributed by atoms with E-state index in [-0.39, 0.29) is 0 Å². The lowest BCUT2D eigenvalue weighted by atomic mass is 10.0. The van der Waals surface area contributed by atoms with Crippen LogP contribution in [0.1, 0.15) is 142 Å². The first-order valence-corrected chi connectivity index (χ1v) is 13.7. The van der Waals surface area contributed by atoms with E-state index in [1.54, 1.807) is 0 Å². The molecule has 0 atom stereocenters. The molecule has 0 aromatic heterocycles. The van der Waals surface area contributed by atoms with Crippen molar-refractivity contribution in [1.82, 2.24) is 0 Å². The van der Waals surface area contributed by atoms with Gasteiger partial charge in [-0.25, -0.2) is 0 Å². The van der Waals surface area contributed by atoms with Gasteiger partial charge in [-0.3, -0.25) is 9.59 Å². The van der Waals surface area contributed by atoms with Crippen LogP contribution in [0.5, 0.6) is 0 Å². The number of Topliss-reactive ketones (excluding diaryl/α,β-unsaturated/α-hetero) is 1. The van der Waals surface area contributed by atoms with Gasteiger partial charge in [0.15, 0.2) is 0 Å². The summed E-state index contributed by atoms with van der Waals surface area (Å²) in [6, 6.07) is 0. The predicted octanol–water partition coefficient (Wildman–Crippen LogP) is 9.05. The van der Waals surface area contributed by atoms with Crippen LogP contribution in [0.25, 0.3) is 0 Å². The van der Waals surface area contributed by atoms with E-state index in [4.69, 9.17) is 0 Å². The topological polar surface area (TPSA) is 43.4 Å². The fourth-order valence-corrected chi connectivity index (χ4v) is 3.87. The van der Waals surface area contributed by atoms with Gasteiger partial charge in [-0.05, 0) is 51.4 Å². The van der Waals surface area contributed by atoms with Crippen molar-refractivity contribution in [2.45, 2.75) is 142 Å². The minimum Gasteiger partial charge on any atom is -0.468 e. The first kappa shape index (κ1) is 30.6. The largest absolute Gasteiger partial charge is 0.468 e. The minimum atomic E-state index is 0.464. The van der Waals surface area contributed by atoms with Gasteiger partial charge >= 0.3 is 0 Å². The fraction of sp³-hybridized carbons (Fsp3) is 0.793. The van der Waals surface area contributed by atoms with Gasteiger partial charge in [-0.15, -0.1) is 0 Å². The lowest BCUT2D eigenvalue weighted by Crippen LogP contribution is -1.97. The molecule has 0 N–H and O–H groups in total. The van der Waals surface area contributed by atoms with Gasteiger partial charge in [-0.2, -0.15) is 0 Å². The molecule has 0 amide bonds. The number of carbonyl (C=O) groups excluding carboxylic acids is 2. The van der Waals surface area contributed by atoms with Gasteiger partial charge < -0.3 is 4.74 Å². The number of ketones is 1. The summed E-state index contributed by atoms with van der Waals surface area (Å²) in [5, 5.41) is 0. The second kappa shape index (κ2) is 27.7. The maximum atomic E-state index is 12.0. The van der Waals surface area contributed by atoms with Gasteiger partial charge in [-0.1, -0.05) is 102 Å². The molecule has 0 unspecified atom stereocenters. The lowest BCUT2D eigenvalue weighted by molar-refractivity contribution is -0.128. The summed E-state index contributed by atoms with van der Waals surface area (Å²) in [7, 11) is 0. The fourth-order valence-electron chi connectivity index (χ4n) is 3.87. The monoisotopic (exact) mass is 448 g/mol. The zero-order valence-electron chi connectivity index (χ0n) is 21.2. The van der Waals surface area contributed by atoms with Gasteiger partial charge in [0.1, 0.15) is 5.78 Å². The van der Waals surface area contributed by atoms with E-state index >= 15 is 0 Å². The molecule has 0 heterocycles. The van der Waals surface area contributed by atoms with Crippen molar-refractivity contribution in [3.63, 3.8) is 0 Å². The number of hydrogen-bond donors (Lipinski definition) is 0. The maximum Gasteiger partial charge on any atom is 0.293 e. The van der Waals surface area contributed by atoms with Gasteiger partial charge in [0.25, 0.3) is 6.47 Å². The molecule has 0 saturated carbocycles. The van der Waals surface area contributed by atoms with E-state index < -0.39 is 0 Å². The Morgan fingerprint density at radius 3 is 1.59 bits per heavy atom. The average Bonchev–Trinajstić information content (AvgIpc) is 2.80. The summed E-state index contributed by atoms with van der Waals surface area (Å²) < 4.78 is 4.68. The second-order valence-electron chi connectivity index (χ2n) is 9.06. The van der Waals surface area contributed by atoms with Crippen LogP contribution >= 0.6 is 0 Å². The smallest absolute Gasteiger partial charge is 0.293 e. The number of unbranched alkanes of at least 4 members (excludes halogenated alkanes) is 15. The quantitative estimate of drug-likeness (QED) is 0.0753. The van der Waals surface area contributed by atoms with E-state index in [1.807, 2.05) is 0 Å². The molecular weight excluding hydrogens is 396 g/mol. The SMILES string of the molecule is CCCCC/C=C\C/C=C\CCCCCCCC(=O)CCCCCCCCCCOC=O. The van der Waals surface area contributed by atoms with Crippen LogP contribution in [0, 0.1) is 0 Å². The third kappa shape index (κ3) is 26.7. The van der Waals surface area contributed by atoms with Crippen LogP contribution in [0.3, 0.4) is 0 Å². The third-order valence-corrected chi connectivity index (χ3v) is 5.94. The summed E-state index contributed by atoms with van der Waals surface area (Å²) >= 11 is 0. The normalized spacial score (nSPS) is 11.5. The zero-order valence-corrected chi connectivity index (χ0v) is 21.2. The molecule has 0 saturated heterocycles. The summed E-state index contributed by atoms with van der Waals surface area (Å²) in [6.45, 7) is 3.33. The van der Waals surface area contributed by atoms with Gasteiger partial charge in [0.2, 0.25) is 0 Å². The van der Waals surface area contributed by atoms with Gasteiger partial charge in [0.05, 0.1) is 6.61 Å². The van der Waals surface area contributed by atoms with Crippen LogP contribution in [-0.4, -0.2) is 18.9 Å². The van der Waals surface area contributed by atoms with E-state index in [2.05, 4.69) is 36.0 Å². The standard InChI is InChI=1S/C29H52O3/c1-2-3-4-5-6-7-8-9-10-11-12-13-16-19-22-25-29(31)26-23-20-17-14-15-18-21-24-27-32-28-30/h6-7,9-10,28H,2-5,8,11-27H2,1H3/b7-6-,10-9-. The van der Waals surface area contributed by atoms with Crippen LogP contribution < -0.4 is 0 Å². The third-order valence-electron chi connectivity index (χ3n) is 5.94. The van der Waals surface area contributed by atoms with E-state index in [9.17, 15) is 9.59 Å². The molecule has 0 aliphatic carbocycles. The van der Waals surface area contributed by atoms with Crippen molar-refractivity contribution in [3.8, 4) is 0 Å². The molecule has 32 heavy (non-hydrogen) atoms. The Balaban J connectivity index is 3.25. The highest BCUT2D eigenvalue weighted by molar-refractivity contribution is 5.78. The van der Waals surface area contributed by atoms with Crippen molar-refractivity contribution in [2.24, 2.45) is 0 Å². The zero-order chi connectivity index (χ0) is 23.4. The highest BCUT2D eigenvalue weighted by Crippen LogP contribution is 2.13. The summed E-state index contributed by atoms with van der Waals surface area (Å²) in [5.74, 6) is 0.464. The molecule has 0 aromatic rings. The molecule has 0 fully saturated rings. The van der Waals surface area contributed by atoms with Crippen molar-refractivity contribution in [3.05, 3.63) is 24.3 Å². The molecule has 0 radical (unpaired) electrons. The Morgan fingerprint density at radius 2 is 1.06 bits per heavy atom. The molecule has 0 aliphatic heterocycles. The molecule has 186 valence electrons. The molecule has 0 rings (SSSR count). The Kier molecular flexibility index (Phi) is 26.5. The molecule has 0 aromatic carbocycles. The van der Waals surface area contributed by atoms with E-state index in [0.29, 0.717) is 18.9 Å². The average molecular weight is 449 g/mol. The molecule has 0 bridgehead atoms. The second-order valence-corrected chi connectivity index (χ2v) is 9.06. The van der Waals surface area contributed by atoms with Crippen LogP contribution in [0.4, 0.5) is 0 Å². The lowest BCUT2D eigenvalue weighted by Gasteiger charge is -2.03. The molecule has 3 heteroatoms. The van der Waals surface area contributed by atoms with Crippen LogP contribution in [0.15, 0.2) is 24.3 Å². The predicted molar refractivity (Wildman–Crippen MR) is 138 cm³/mol. The van der Waals surface area contributed by atoms with Crippen LogP contribution in [0.2, 0.25) is 0 Å². The molecule has 3 nitrogen and oxygen atoms in total. The molecular formula is C29H52O3. The maximum absolute atomic E-state index is 12.0. The number of allylic oxidation sites excluding steroid dienone is 4. The minimum absolute atomic E-state index is 0.464. The Hall–Kier alpha value is -1.38. The Bertz CT molecular complexity index is 453. The van der Waals surface area contributed by atoms with Crippen molar-refractivity contribution in [2.75, 3.05) is 6.61 Å². The first-order valence-electron chi connectivity index (χ1n) is 13.7. The Labute approximate surface area is 199 Å².